The lowest BCUT2D eigenvalue weighted by Crippen LogP contribution is -2.42. The Labute approximate surface area is 133 Å². The summed E-state index contributed by atoms with van der Waals surface area (Å²) in [5, 5.41) is 9.37. The van der Waals surface area contributed by atoms with Crippen molar-refractivity contribution in [3.05, 3.63) is 65.7 Å². The van der Waals surface area contributed by atoms with Gasteiger partial charge < -0.3 is 0 Å². The van der Waals surface area contributed by atoms with Crippen molar-refractivity contribution < 1.29 is 8.42 Å². The number of amidine groups is 1. The Hall–Kier alpha value is -1.70. The highest BCUT2D eigenvalue weighted by Crippen LogP contribution is 2.21. The quantitative estimate of drug-likeness (QED) is 0.873. The SMILES string of the molecule is Br.N=C1c2ccccc2CN1NS(=O)(=O)c1ccccc1. The Balaban J connectivity index is 0.00000161. The van der Waals surface area contributed by atoms with Crippen molar-refractivity contribution in [3.63, 3.8) is 0 Å². The van der Waals surface area contributed by atoms with Gasteiger partial charge in [-0.05, 0) is 17.7 Å². The molecule has 1 aliphatic heterocycles. The van der Waals surface area contributed by atoms with Crippen molar-refractivity contribution >= 4 is 32.8 Å². The van der Waals surface area contributed by atoms with Gasteiger partial charge in [0.25, 0.3) is 10.0 Å². The maximum Gasteiger partial charge on any atom is 0.257 e. The van der Waals surface area contributed by atoms with E-state index in [1.54, 1.807) is 18.2 Å². The molecule has 0 radical (unpaired) electrons. The first-order valence-electron chi connectivity index (χ1n) is 6.10. The zero-order chi connectivity index (χ0) is 14.2. The van der Waals surface area contributed by atoms with E-state index in [1.165, 1.54) is 17.1 Å². The van der Waals surface area contributed by atoms with E-state index in [2.05, 4.69) is 4.83 Å². The molecule has 2 aromatic carbocycles. The number of fused-ring (bicyclic) bond motifs is 1. The highest BCUT2D eigenvalue weighted by Gasteiger charge is 2.27. The van der Waals surface area contributed by atoms with E-state index < -0.39 is 10.0 Å². The summed E-state index contributed by atoms with van der Waals surface area (Å²) < 4.78 is 24.5. The van der Waals surface area contributed by atoms with Crippen molar-refractivity contribution in [2.45, 2.75) is 11.4 Å². The predicted molar refractivity (Wildman–Crippen MR) is 85.9 cm³/mol. The molecule has 5 nitrogen and oxygen atoms in total. The maximum absolute atomic E-state index is 12.2. The van der Waals surface area contributed by atoms with E-state index in [4.69, 9.17) is 5.41 Å². The van der Waals surface area contributed by atoms with Gasteiger partial charge in [-0.3, -0.25) is 10.4 Å². The number of nitrogens with one attached hydrogen (secondary N) is 2. The molecule has 0 bridgehead atoms. The first kappa shape index (κ1) is 15.7. The highest BCUT2D eigenvalue weighted by atomic mass is 79.9. The zero-order valence-electron chi connectivity index (χ0n) is 11.0. The number of hydrazine groups is 1. The second-order valence-electron chi connectivity index (χ2n) is 4.50. The van der Waals surface area contributed by atoms with Gasteiger partial charge in [0.05, 0.1) is 11.4 Å². The molecule has 0 aliphatic carbocycles. The lowest BCUT2D eigenvalue weighted by molar-refractivity contribution is 0.383. The molecule has 2 aromatic rings. The van der Waals surface area contributed by atoms with Crippen LogP contribution in [0.4, 0.5) is 0 Å². The zero-order valence-corrected chi connectivity index (χ0v) is 13.5. The summed E-state index contributed by atoms with van der Waals surface area (Å²) >= 11 is 0. The van der Waals surface area contributed by atoms with Crippen molar-refractivity contribution in [3.8, 4) is 0 Å². The fourth-order valence-electron chi connectivity index (χ4n) is 2.16. The average Bonchev–Trinajstić information content (AvgIpc) is 2.76. The molecule has 1 heterocycles. The van der Waals surface area contributed by atoms with Crippen LogP contribution in [-0.2, 0) is 16.6 Å². The molecule has 21 heavy (non-hydrogen) atoms. The average molecular weight is 368 g/mol. The number of halogens is 1. The molecule has 1 aliphatic rings. The van der Waals surface area contributed by atoms with Crippen LogP contribution in [0.2, 0.25) is 0 Å². The standard InChI is InChI=1S/C14H13N3O2S.BrH/c15-14-13-9-5-4-6-11(13)10-17(14)16-20(18,19)12-7-2-1-3-8-12;/h1-9,15-16H,10H2;1H. The summed E-state index contributed by atoms with van der Waals surface area (Å²) in [6.45, 7) is 0.362. The predicted octanol–water partition coefficient (Wildman–Crippen LogP) is 2.30. The van der Waals surface area contributed by atoms with Gasteiger partial charge in [-0.1, -0.05) is 42.5 Å². The molecule has 0 unspecified atom stereocenters. The largest absolute Gasteiger partial charge is 0.283 e. The molecule has 0 saturated heterocycles. The summed E-state index contributed by atoms with van der Waals surface area (Å²) in [5.74, 6) is 0.167. The van der Waals surface area contributed by atoms with Crippen molar-refractivity contribution in [2.24, 2.45) is 0 Å². The number of sulfonamides is 1. The van der Waals surface area contributed by atoms with Crippen LogP contribution in [0.15, 0.2) is 59.5 Å². The Morgan fingerprint density at radius 3 is 2.29 bits per heavy atom. The van der Waals surface area contributed by atoms with Crippen molar-refractivity contribution in [1.82, 2.24) is 9.84 Å². The van der Waals surface area contributed by atoms with E-state index in [0.29, 0.717) is 6.54 Å². The topological polar surface area (TPSA) is 73.3 Å². The smallest absolute Gasteiger partial charge is 0.257 e. The normalized spacial score (nSPS) is 13.7. The Morgan fingerprint density at radius 2 is 1.62 bits per heavy atom. The van der Waals surface area contributed by atoms with Crippen LogP contribution in [-0.4, -0.2) is 19.3 Å². The van der Waals surface area contributed by atoms with Crippen LogP contribution in [0.25, 0.3) is 0 Å². The van der Waals surface area contributed by atoms with Gasteiger partial charge in [-0.2, -0.15) is 0 Å². The minimum Gasteiger partial charge on any atom is -0.283 e. The van der Waals surface area contributed by atoms with Gasteiger partial charge in [-0.15, -0.1) is 21.8 Å². The van der Waals surface area contributed by atoms with E-state index in [9.17, 15) is 8.42 Å². The third-order valence-electron chi connectivity index (χ3n) is 3.15. The van der Waals surface area contributed by atoms with Crippen LogP contribution >= 0.6 is 17.0 Å². The first-order valence-corrected chi connectivity index (χ1v) is 7.58. The molecular weight excluding hydrogens is 354 g/mol. The number of hydrogen-bond donors (Lipinski definition) is 2. The second kappa shape index (κ2) is 5.97. The second-order valence-corrected chi connectivity index (χ2v) is 6.16. The van der Waals surface area contributed by atoms with E-state index >= 15 is 0 Å². The molecule has 2 N–H and O–H groups in total. The minimum atomic E-state index is -3.66. The number of nitrogens with zero attached hydrogens (tertiary/aromatic N) is 1. The van der Waals surface area contributed by atoms with Crippen LogP contribution in [0, 0.1) is 5.41 Å². The van der Waals surface area contributed by atoms with Gasteiger partial charge in [0.1, 0.15) is 5.84 Å². The van der Waals surface area contributed by atoms with Gasteiger partial charge in [0.2, 0.25) is 0 Å². The van der Waals surface area contributed by atoms with Crippen LogP contribution in [0.1, 0.15) is 11.1 Å². The molecule has 3 rings (SSSR count). The number of rotatable bonds is 3. The minimum absolute atomic E-state index is 0. The first-order chi connectivity index (χ1) is 9.58. The number of benzene rings is 2. The lowest BCUT2D eigenvalue weighted by Gasteiger charge is -2.18. The molecular formula is C14H14BrN3O2S. The van der Waals surface area contributed by atoms with E-state index in [-0.39, 0.29) is 27.7 Å². The molecule has 0 amide bonds. The summed E-state index contributed by atoms with van der Waals surface area (Å²) in [4.78, 5) is 2.63. The maximum atomic E-state index is 12.2. The highest BCUT2D eigenvalue weighted by molar-refractivity contribution is 8.93. The summed E-state index contributed by atoms with van der Waals surface area (Å²) in [7, 11) is -3.66. The molecule has 0 aromatic heterocycles. The fourth-order valence-corrected chi connectivity index (χ4v) is 3.23. The van der Waals surface area contributed by atoms with Gasteiger partial charge in [0, 0.05) is 5.56 Å². The monoisotopic (exact) mass is 367 g/mol. The molecule has 0 spiro atoms. The van der Waals surface area contributed by atoms with Gasteiger partial charge in [0.15, 0.2) is 0 Å². The van der Waals surface area contributed by atoms with Crippen LogP contribution < -0.4 is 4.83 Å². The van der Waals surface area contributed by atoms with Crippen molar-refractivity contribution in [1.29, 1.82) is 5.41 Å². The number of hydrogen-bond acceptors (Lipinski definition) is 3. The molecule has 0 fully saturated rings. The van der Waals surface area contributed by atoms with Crippen LogP contribution in [0.5, 0.6) is 0 Å². The summed E-state index contributed by atoms with van der Waals surface area (Å²) in [6.07, 6.45) is 0. The molecule has 7 heteroatoms. The third kappa shape index (κ3) is 2.99. The summed E-state index contributed by atoms with van der Waals surface area (Å²) in [5.41, 5.74) is 1.69. The molecule has 0 atom stereocenters. The fraction of sp³-hybridized carbons (Fsp3) is 0.0714. The molecule has 0 saturated carbocycles. The summed E-state index contributed by atoms with van der Waals surface area (Å²) in [6, 6.07) is 15.5. The van der Waals surface area contributed by atoms with Gasteiger partial charge >= 0.3 is 0 Å². The van der Waals surface area contributed by atoms with E-state index in [0.717, 1.165) is 11.1 Å². The Bertz CT molecular complexity index is 763. The van der Waals surface area contributed by atoms with Crippen molar-refractivity contribution in [2.75, 3.05) is 0 Å². The lowest BCUT2D eigenvalue weighted by atomic mass is 10.1. The van der Waals surface area contributed by atoms with Gasteiger partial charge in [-0.25, -0.2) is 8.42 Å². The van der Waals surface area contributed by atoms with Crippen LogP contribution in [0.3, 0.4) is 0 Å². The Kier molecular flexibility index (Phi) is 4.46. The third-order valence-corrected chi connectivity index (χ3v) is 4.51. The van der Waals surface area contributed by atoms with E-state index in [1.807, 2.05) is 24.3 Å². The Morgan fingerprint density at radius 1 is 1.00 bits per heavy atom. The molecule has 110 valence electrons.